The third-order valence-corrected chi connectivity index (χ3v) is 3.19. The first-order valence-electron chi connectivity index (χ1n) is 6.35. The first-order chi connectivity index (χ1) is 9.42. The molecule has 2 aromatic rings. The number of nitrogens with zero attached hydrogens (tertiary/aromatic N) is 2. The van der Waals surface area contributed by atoms with E-state index in [1.54, 1.807) is 0 Å². The van der Waals surface area contributed by atoms with Crippen LogP contribution in [-0.4, -0.2) is 4.98 Å². The van der Waals surface area contributed by atoms with Gasteiger partial charge in [-0.25, -0.2) is 4.98 Å². The zero-order valence-electron chi connectivity index (χ0n) is 12.1. The average molecular weight is 267 g/mol. The number of rotatable bonds is 2. The number of aromatic nitrogens is 1. The highest BCUT2D eigenvalue weighted by molar-refractivity contribution is 5.55. The Morgan fingerprint density at radius 2 is 1.75 bits per heavy atom. The second kappa shape index (κ2) is 5.22. The van der Waals surface area contributed by atoms with Gasteiger partial charge in [0.2, 0.25) is 5.88 Å². The van der Waals surface area contributed by atoms with Crippen LogP contribution in [0.1, 0.15) is 27.9 Å². The van der Waals surface area contributed by atoms with Gasteiger partial charge >= 0.3 is 0 Å². The molecule has 0 bridgehead atoms. The Morgan fingerprint density at radius 1 is 1.05 bits per heavy atom. The van der Waals surface area contributed by atoms with E-state index >= 15 is 0 Å². The molecule has 0 fully saturated rings. The predicted octanol–water partition coefficient (Wildman–Crippen LogP) is 3.56. The molecule has 0 unspecified atom stereocenters. The summed E-state index contributed by atoms with van der Waals surface area (Å²) in [6.45, 7) is 7.59. The average Bonchev–Trinajstić information content (AvgIpc) is 2.35. The first kappa shape index (κ1) is 13.9. The number of nitrogens with two attached hydrogens (primary N) is 1. The van der Waals surface area contributed by atoms with E-state index in [0.29, 0.717) is 17.2 Å². The summed E-state index contributed by atoms with van der Waals surface area (Å²) in [5.41, 5.74) is 10.6. The summed E-state index contributed by atoms with van der Waals surface area (Å²) in [6.07, 6.45) is 0. The Labute approximate surface area is 118 Å². The third kappa shape index (κ3) is 2.57. The number of anilines is 1. The van der Waals surface area contributed by atoms with E-state index in [4.69, 9.17) is 10.5 Å². The van der Waals surface area contributed by atoms with Crippen molar-refractivity contribution >= 4 is 5.69 Å². The van der Waals surface area contributed by atoms with Gasteiger partial charge in [-0.2, -0.15) is 5.26 Å². The summed E-state index contributed by atoms with van der Waals surface area (Å²) in [5.74, 6) is 1.02. The van der Waals surface area contributed by atoms with Gasteiger partial charge in [-0.15, -0.1) is 0 Å². The van der Waals surface area contributed by atoms with Gasteiger partial charge in [0.05, 0.1) is 0 Å². The Bertz CT molecular complexity index is 715. The number of hydrogen-bond donors (Lipinski definition) is 1. The molecule has 0 saturated carbocycles. The van der Waals surface area contributed by atoms with E-state index in [0.717, 1.165) is 28.1 Å². The second-order valence-electron chi connectivity index (χ2n) is 4.95. The van der Waals surface area contributed by atoms with E-state index in [2.05, 4.69) is 11.1 Å². The quantitative estimate of drug-likeness (QED) is 0.844. The number of ether oxygens (including phenoxy) is 1. The molecule has 4 nitrogen and oxygen atoms in total. The van der Waals surface area contributed by atoms with Gasteiger partial charge in [0.1, 0.15) is 17.4 Å². The van der Waals surface area contributed by atoms with Crippen molar-refractivity contribution in [2.24, 2.45) is 0 Å². The fraction of sp³-hybridized carbons (Fsp3) is 0.250. The molecule has 0 spiro atoms. The van der Waals surface area contributed by atoms with Gasteiger partial charge < -0.3 is 10.5 Å². The highest BCUT2D eigenvalue weighted by atomic mass is 16.5. The van der Waals surface area contributed by atoms with Gasteiger partial charge in [0, 0.05) is 11.4 Å². The van der Waals surface area contributed by atoms with Crippen LogP contribution in [0.15, 0.2) is 18.2 Å². The Hall–Kier alpha value is -2.54. The summed E-state index contributed by atoms with van der Waals surface area (Å²) < 4.78 is 5.84. The molecule has 0 aliphatic heterocycles. The van der Waals surface area contributed by atoms with Crippen LogP contribution < -0.4 is 10.5 Å². The van der Waals surface area contributed by atoms with Crippen LogP contribution in [0, 0.1) is 39.0 Å². The van der Waals surface area contributed by atoms with Crippen molar-refractivity contribution in [3.8, 4) is 17.7 Å². The zero-order chi connectivity index (χ0) is 14.9. The minimum Gasteiger partial charge on any atom is -0.437 e. The lowest BCUT2D eigenvalue weighted by Crippen LogP contribution is -1.99. The van der Waals surface area contributed by atoms with Crippen LogP contribution in [0.25, 0.3) is 0 Å². The second-order valence-corrected chi connectivity index (χ2v) is 4.95. The lowest BCUT2D eigenvalue weighted by atomic mass is 10.1. The summed E-state index contributed by atoms with van der Waals surface area (Å²) >= 11 is 0. The van der Waals surface area contributed by atoms with Gasteiger partial charge in [-0.3, -0.25) is 0 Å². The summed E-state index contributed by atoms with van der Waals surface area (Å²) in [6, 6.07) is 7.74. The highest BCUT2D eigenvalue weighted by Gasteiger charge is 2.12. The maximum absolute atomic E-state index is 9.25. The predicted molar refractivity (Wildman–Crippen MR) is 78.8 cm³/mol. The zero-order valence-corrected chi connectivity index (χ0v) is 12.1. The van der Waals surface area contributed by atoms with Crippen LogP contribution in [0.2, 0.25) is 0 Å². The van der Waals surface area contributed by atoms with Gasteiger partial charge in [-0.05, 0) is 62.6 Å². The summed E-state index contributed by atoms with van der Waals surface area (Å²) in [4.78, 5) is 4.32. The van der Waals surface area contributed by atoms with Crippen molar-refractivity contribution in [1.82, 2.24) is 4.98 Å². The molecule has 4 heteroatoms. The van der Waals surface area contributed by atoms with Crippen LogP contribution >= 0.6 is 0 Å². The van der Waals surface area contributed by atoms with Crippen molar-refractivity contribution in [2.75, 3.05) is 5.73 Å². The van der Waals surface area contributed by atoms with Crippen LogP contribution in [0.5, 0.6) is 11.6 Å². The molecule has 0 aliphatic rings. The Morgan fingerprint density at radius 3 is 2.40 bits per heavy atom. The molecule has 0 aliphatic carbocycles. The molecule has 0 saturated heterocycles. The molecule has 0 radical (unpaired) electrons. The van der Waals surface area contributed by atoms with E-state index in [9.17, 15) is 5.26 Å². The maximum Gasteiger partial charge on any atom is 0.237 e. The summed E-state index contributed by atoms with van der Waals surface area (Å²) in [5, 5.41) is 9.25. The van der Waals surface area contributed by atoms with Crippen LogP contribution in [0.4, 0.5) is 5.69 Å². The standard InChI is InChI=1S/C16H17N3O/c1-9-5-12(4)19-16(13(9)8-17)20-15-7-10(2)14(18)6-11(15)3/h5-7H,18H2,1-4H3. The van der Waals surface area contributed by atoms with Crippen molar-refractivity contribution in [1.29, 1.82) is 5.26 Å². The topological polar surface area (TPSA) is 71.9 Å². The number of benzene rings is 1. The molecule has 1 aromatic carbocycles. The molecular weight excluding hydrogens is 250 g/mol. The molecule has 2 N–H and O–H groups in total. The molecule has 20 heavy (non-hydrogen) atoms. The Kier molecular flexibility index (Phi) is 3.62. The van der Waals surface area contributed by atoms with E-state index in [1.165, 1.54) is 0 Å². The van der Waals surface area contributed by atoms with E-state index in [1.807, 2.05) is 45.9 Å². The van der Waals surface area contributed by atoms with Crippen molar-refractivity contribution in [2.45, 2.75) is 27.7 Å². The number of nitrogen functional groups attached to an aromatic ring is 1. The molecule has 1 aromatic heterocycles. The normalized spacial score (nSPS) is 10.2. The molecular formula is C16H17N3O. The highest BCUT2D eigenvalue weighted by Crippen LogP contribution is 2.30. The number of hydrogen-bond acceptors (Lipinski definition) is 4. The number of nitriles is 1. The molecule has 1 heterocycles. The van der Waals surface area contributed by atoms with E-state index < -0.39 is 0 Å². The number of aryl methyl sites for hydroxylation is 4. The summed E-state index contributed by atoms with van der Waals surface area (Å²) in [7, 11) is 0. The van der Waals surface area contributed by atoms with E-state index in [-0.39, 0.29) is 0 Å². The lowest BCUT2D eigenvalue weighted by molar-refractivity contribution is 0.456. The minimum atomic E-state index is 0.345. The molecule has 0 amide bonds. The fourth-order valence-electron chi connectivity index (χ4n) is 2.04. The molecule has 2 rings (SSSR count). The molecule has 0 atom stereocenters. The van der Waals surface area contributed by atoms with Gasteiger partial charge in [-0.1, -0.05) is 0 Å². The van der Waals surface area contributed by atoms with Crippen molar-refractivity contribution in [3.63, 3.8) is 0 Å². The Balaban J connectivity index is 2.51. The monoisotopic (exact) mass is 267 g/mol. The first-order valence-corrected chi connectivity index (χ1v) is 6.35. The van der Waals surface area contributed by atoms with Crippen molar-refractivity contribution in [3.05, 3.63) is 46.1 Å². The smallest absolute Gasteiger partial charge is 0.237 e. The van der Waals surface area contributed by atoms with Gasteiger partial charge in [0.15, 0.2) is 0 Å². The SMILES string of the molecule is Cc1cc(C)c(C#N)c(Oc2cc(C)c(N)cc2C)n1. The number of pyridine rings is 1. The maximum atomic E-state index is 9.25. The third-order valence-electron chi connectivity index (χ3n) is 3.19. The lowest BCUT2D eigenvalue weighted by Gasteiger charge is -2.13. The van der Waals surface area contributed by atoms with Crippen molar-refractivity contribution < 1.29 is 4.74 Å². The largest absolute Gasteiger partial charge is 0.437 e. The fourth-order valence-corrected chi connectivity index (χ4v) is 2.04. The minimum absolute atomic E-state index is 0.345. The molecule has 102 valence electrons. The van der Waals surface area contributed by atoms with Gasteiger partial charge in [0.25, 0.3) is 0 Å². The van der Waals surface area contributed by atoms with Crippen LogP contribution in [-0.2, 0) is 0 Å². The van der Waals surface area contributed by atoms with Crippen LogP contribution in [0.3, 0.4) is 0 Å².